The first-order chi connectivity index (χ1) is 17.2. The molecular formula is C26H30N4O6. The Hall–Kier alpha value is -3.79. The van der Waals surface area contributed by atoms with Crippen molar-refractivity contribution >= 4 is 11.7 Å². The third-order valence-corrected chi connectivity index (χ3v) is 6.09. The smallest absolute Gasteiger partial charge is 0.341 e. The van der Waals surface area contributed by atoms with Crippen molar-refractivity contribution in [1.29, 1.82) is 0 Å². The van der Waals surface area contributed by atoms with Crippen LogP contribution in [0, 0.1) is 24.0 Å². The van der Waals surface area contributed by atoms with Gasteiger partial charge in [-0.05, 0) is 63.8 Å². The molecule has 36 heavy (non-hydrogen) atoms. The average molecular weight is 495 g/mol. The molecule has 0 radical (unpaired) electrons. The summed E-state index contributed by atoms with van der Waals surface area (Å²) in [6.07, 6.45) is 3.74. The van der Waals surface area contributed by atoms with E-state index in [2.05, 4.69) is 10.1 Å². The van der Waals surface area contributed by atoms with Crippen LogP contribution in [0.1, 0.15) is 54.7 Å². The predicted octanol–water partition coefficient (Wildman–Crippen LogP) is 5.06. The molecule has 0 bridgehead atoms. The van der Waals surface area contributed by atoms with Crippen LogP contribution in [0.5, 0.6) is 5.88 Å². The van der Waals surface area contributed by atoms with E-state index in [1.54, 1.807) is 23.9 Å². The molecule has 1 aliphatic rings. The molecule has 3 aromatic rings. The molecule has 1 saturated heterocycles. The zero-order chi connectivity index (χ0) is 26.0. The van der Waals surface area contributed by atoms with Crippen LogP contribution in [-0.4, -0.2) is 51.6 Å². The largest absolute Gasteiger partial charge is 0.475 e. The lowest BCUT2D eigenvalue weighted by Gasteiger charge is -2.17. The number of hydrogen-bond acceptors (Lipinski definition) is 8. The maximum Gasteiger partial charge on any atom is 0.341 e. The first-order valence-corrected chi connectivity index (χ1v) is 12.0. The van der Waals surface area contributed by atoms with Gasteiger partial charge in [0, 0.05) is 24.4 Å². The Bertz CT molecular complexity index is 1290. The Kier molecular flexibility index (Phi) is 7.35. The maximum absolute atomic E-state index is 12.8. The van der Waals surface area contributed by atoms with Crippen LogP contribution in [0.4, 0.5) is 5.69 Å². The van der Waals surface area contributed by atoms with E-state index in [9.17, 15) is 14.9 Å². The van der Waals surface area contributed by atoms with Crippen LogP contribution in [-0.2, 0) is 9.47 Å². The van der Waals surface area contributed by atoms with Gasteiger partial charge in [0.1, 0.15) is 5.56 Å². The SMILES string of the molecule is CCOC(=O)c1cnn([C@H]2CCOC2)c1-c1ccc(-c2c(C)cnc(OC(C)C)c2C)cc1[N+](=O)[O-]. The van der Waals surface area contributed by atoms with Gasteiger partial charge in [0.2, 0.25) is 5.88 Å². The van der Waals surface area contributed by atoms with Gasteiger partial charge in [-0.15, -0.1) is 0 Å². The number of aryl methyl sites for hydroxylation is 1. The van der Waals surface area contributed by atoms with Crippen LogP contribution in [0.15, 0.2) is 30.6 Å². The average Bonchev–Trinajstić information content (AvgIpc) is 3.51. The highest BCUT2D eigenvalue weighted by Crippen LogP contribution is 2.40. The summed E-state index contributed by atoms with van der Waals surface area (Å²) in [5.74, 6) is -0.0893. The van der Waals surface area contributed by atoms with Gasteiger partial charge in [-0.1, -0.05) is 6.07 Å². The normalized spacial score (nSPS) is 15.3. The quantitative estimate of drug-likeness (QED) is 0.242. The van der Waals surface area contributed by atoms with Gasteiger partial charge in [-0.3, -0.25) is 14.8 Å². The van der Waals surface area contributed by atoms with Crippen LogP contribution in [0.3, 0.4) is 0 Å². The van der Waals surface area contributed by atoms with Crippen molar-refractivity contribution in [2.45, 2.75) is 53.2 Å². The lowest BCUT2D eigenvalue weighted by molar-refractivity contribution is -0.384. The molecule has 1 atom stereocenters. The Balaban J connectivity index is 1.90. The number of nitrogens with zero attached hydrogens (tertiary/aromatic N) is 4. The number of nitro groups is 1. The van der Waals surface area contributed by atoms with Crippen LogP contribution < -0.4 is 4.74 Å². The molecule has 1 fully saturated rings. The van der Waals surface area contributed by atoms with E-state index in [-0.39, 0.29) is 30.0 Å². The molecule has 190 valence electrons. The van der Waals surface area contributed by atoms with E-state index in [4.69, 9.17) is 14.2 Å². The zero-order valence-electron chi connectivity index (χ0n) is 21.1. The van der Waals surface area contributed by atoms with Crippen molar-refractivity contribution < 1.29 is 23.9 Å². The van der Waals surface area contributed by atoms with E-state index >= 15 is 0 Å². The van der Waals surface area contributed by atoms with Gasteiger partial charge in [0.05, 0.1) is 47.7 Å². The molecule has 0 spiro atoms. The first-order valence-electron chi connectivity index (χ1n) is 12.0. The second kappa shape index (κ2) is 10.4. The van der Waals surface area contributed by atoms with Gasteiger partial charge in [0.25, 0.3) is 5.69 Å². The van der Waals surface area contributed by atoms with Gasteiger partial charge < -0.3 is 14.2 Å². The molecule has 0 amide bonds. The van der Waals surface area contributed by atoms with Crippen LogP contribution in [0.25, 0.3) is 22.4 Å². The van der Waals surface area contributed by atoms with Crippen molar-refractivity contribution in [3.63, 3.8) is 0 Å². The molecule has 4 rings (SSSR count). The van der Waals surface area contributed by atoms with Gasteiger partial charge >= 0.3 is 5.97 Å². The second-order valence-corrected chi connectivity index (χ2v) is 8.99. The fourth-order valence-corrected chi connectivity index (χ4v) is 4.52. The van der Waals surface area contributed by atoms with Crippen molar-refractivity contribution in [3.05, 3.63) is 57.4 Å². The minimum Gasteiger partial charge on any atom is -0.475 e. The minimum absolute atomic E-state index is 0.0652. The van der Waals surface area contributed by atoms with Crippen molar-refractivity contribution in [2.75, 3.05) is 19.8 Å². The van der Waals surface area contributed by atoms with E-state index in [1.165, 1.54) is 12.3 Å². The highest BCUT2D eigenvalue weighted by molar-refractivity contribution is 5.98. The summed E-state index contributed by atoms with van der Waals surface area (Å²) in [5.41, 5.74) is 3.83. The molecule has 0 N–H and O–H groups in total. The fraction of sp³-hybridized carbons (Fsp3) is 0.423. The summed E-state index contributed by atoms with van der Waals surface area (Å²) in [7, 11) is 0. The standard InChI is InChI=1S/C26H30N4O6/c1-6-35-26(31)21-13-28-29(19-9-10-34-14-19)24(21)20-8-7-18(11-22(20)30(32)33)23-16(4)12-27-25(17(23)5)36-15(2)3/h7-8,11-13,15,19H,6,9-10,14H2,1-5H3/t19-/m0/s1. The molecule has 0 saturated carbocycles. The highest BCUT2D eigenvalue weighted by atomic mass is 16.6. The van der Waals surface area contributed by atoms with Gasteiger partial charge in [0.15, 0.2) is 0 Å². The molecule has 3 heterocycles. The predicted molar refractivity (Wildman–Crippen MR) is 133 cm³/mol. The number of pyridine rings is 1. The lowest BCUT2D eigenvalue weighted by Crippen LogP contribution is -2.14. The lowest BCUT2D eigenvalue weighted by atomic mass is 9.94. The molecule has 0 aliphatic carbocycles. The number of ether oxygens (including phenoxy) is 3. The molecule has 1 aliphatic heterocycles. The number of esters is 1. The molecule has 10 heteroatoms. The highest BCUT2D eigenvalue weighted by Gasteiger charge is 2.31. The van der Waals surface area contributed by atoms with Crippen LogP contribution >= 0.6 is 0 Å². The summed E-state index contributed by atoms with van der Waals surface area (Å²) < 4.78 is 18.2. The van der Waals surface area contributed by atoms with E-state index in [0.717, 1.165) is 16.7 Å². The van der Waals surface area contributed by atoms with Crippen molar-refractivity contribution in [2.24, 2.45) is 0 Å². The van der Waals surface area contributed by atoms with E-state index in [0.29, 0.717) is 42.3 Å². The van der Waals surface area contributed by atoms with Gasteiger partial charge in [-0.25, -0.2) is 9.78 Å². The number of aromatic nitrogens is 3. The summed E-state index contributed by atoms with van der Waals surface area (Å²) >= 11 is 0. The number of hydrogen-bond donors (Lipinski definition) is 0. The summed E-state index contributed by atoms with van der Waals surface area (Å²) in [4.78, 5) is 29.0. The summed E-state index contributed by atoms with van der Waals surface area (Å²) in [5, 5.41) is 16.7. The number of carbonyl (C=O) groups is 1. The topological polar surface area (TPSA) is 119 Å². The molecule has 1 aromatic carbocycles. The Morgan fingerprint density at radius 2 is 2.08 bits per heavy atom. The summed E-state index contributed by atoms with van der Waals surface area (Å²) in [6, 6.07) is 4.87. The number of rotatable bonds is 8. The van der Waals surface area contributed by atoms with Crippen molar-refractivity contribution in [3.8, 4) is 28.3 Å². The Morgan fingerprint density at radius 3 is 2.72 bits per heavy atom. The first kappa shape index (κ1) is 25.3. The fourth-order valence-electron chi connectivity index (χ4n) is 4.52. The molecule has 10 nitrogen and oxygen atoms in total. The Morgan fingerprint density at radius 1 is 1.31 bits per heavy atom. The van der Waals surface area contributed by atoms with E-state index < -0.39 is 10.9 Å². The third kappa shape index (κ3) is 4.81. The third-order valence-electron chi connectivity index (χ3n) is 6.09. The molecular weight excluding hydrogens is 464 g/mol. The number of carbonyl (C=O) groups excluding carboxylic acids is 1. The molecule has 0 unspecified atom stereocenters. The van der Waals surface area contributed by atoms with Crippen molar-refractivity contribution in [1.82, 2.24) is 14.8 Å². The molecule has 2 aromatic heterocycles. The zero-order valence-corrected chi connectivity index (χ0v) is 21.1. The summed E-state index contributed by atoms with van der Waals surface area (Å²) in [6.45, 7) is 10.5. The number of benzene rings is 1. The monoisotopic (exact) mass is 494 g/mol. The second-order valence-electron chi connectivity index (χ2n) is 8.99. The number of nitro benzene ring substituents is 1. The van der Waals surface area contributed by atoms with Crippen LogP contribution in [0.2, 0.25) is 0 Å². The maximum atomic E-state index is 12.8. The van der Waals surface area contributed by atoms with E-state index in [1.807, 2.05) is 33.8 Å². The minimum atomic E-state index is -0.577. The van der Waals surface area contributed by atoms with Gasteiger partial charge in [-0.2, -0.15) is 5.10 Å². The Labute approximate surface area is 209 Å².